The summed E-state index contributed by atoms with van der Waals surface area (Å²) in [4.78, 5) is 13.8. The Morgan fingerprint density at radius 3 is 2.61 bits per heavy atom. The number of nitrogens with zero attached hydrogens (tertiary/aromatic N) is 2. The molecular formula is C23H27N3O2. The van der Waals surface area contributed by atoms with Gasteiger partial charge in [0.05, 0.1) is 16.8 Å². The minimum atomic E-state index is -0.900. The van der Waals surface area contributed by atoms with Crippen molar-refractivity contribution in [1.29, 1.82) is 5.26 Å². The van der Waals surface area contributed by atoms with E-state index in [0.717, 1.165) is 42.0 Å². The number of carboxylic acids is 1. The van der Waals surface area contributed by atoms with Gasteiger partial charge in [-0.05, 0) is 49.6 Å². The Hall–Kier alpha value is -3.00. The summed E-state index contributed by atoms with van der Waals surface area (Å²) < 4.78 is 0. The van der Waals surface area contributed by atoms with Crippen LogP contribution in [0.2, 0.25) is 0 Å². The zero-order valence-corrected chi connectivity index (χ0v) is 16.9. The highest BCUT2D eigenvalue weighted by Crippen LogP contribution is 2.36. The van der Waals surface area contributed by atoms with Gasteiger partial charge in [-0.2, -0.15) is 5.26 Å². The van der Waals surface area contributed by atoms with Crippen molar-refractivity contribution in [2.75, 3.05) is 23.3 Å². The molecule has 1 heterocycles. The quantitative estimate of drug-likeness (QED) is 0.815. The number of aryl methyl sites for hydroxylation is 2. The number of aromatic carboxylic acids is 1. The van der Waals surface area contributed by atoms with E-state index in [9.17, 15) is 15.2 Å². The third kappa shape index (κ3) is 3.82. The van der Waals surface area contributed by atoms with E-state index < -0.39 is 5.97 Å². The summed E-state index contributed by atoms with van der Waals surface area (Å²) in [6.07, 6.45) is 0.905. The van der Waals surface area contributed by atoms with Crippen LogP contribution >= 0.6 is 0 Å². The fourth-order valence-corrected chi connectivity index (χ4v) is 4.10. The zero-order chi connectivity index (χ0) is 20.5. The van der Waals surface area contributed by atoms with Crippen molar-refractivity contribution in [2.45, 2.75) is 40.2 Å². The first-order valence-corrected chi connectivity index (χ1v) is 9.58. The second-order valence-corrected chi connectivity index (χ2v) is 8.31. The summed E-state index contributed by atoms with van der Waals surface area (Å²) in [5.74, 6) is -0.900. The van der Waals surface area contributed by atoms with Gasteiger partial charge in [0.15, 0.2) is 0 Å². The molecule has 146 valence electrons. The zero-order valence-electron chi connectivity index (χ0n) is 16.9. The maximum atomic E-state index is 11.5. The molecule has 0 spiro atoms. The average molecular weight is 377 g/mol. The Labute approximate surface area is 166 Å². The molecule has 2 aromatic carbocycles. The van der Waals surface area contributed by atoms with Crippen molar-refractivity contribution >= 4 is 17.3 Å². The third-order valence-corrected chi connectivity index (χ3v) is 5.73. The molecule has 0 aliphatic carbocycles. The van der Waals surface area contributed by atoms with Crippen molar-refractivity contribution in [1.82, 2.24) is 0 Å². The van der Waals surface area contributed by atoms with Gasteiger partial charge in [0.25, 0.3) is 0 Å². The Bertz CT molecular complexity index is 943. The highest BCUT2D eigenvalue weighted by Gasteiger charge is 2.36. The first-order chi connectivity index (χ1) is 13.2. The largest absolute Gasteiger partial charge is 0.478 e. The van der Waals surface area contributed by atoms with E-state index in [1.165, 1.54) is 0 Å². The average Bonchev–Trinajstić information content (AvgIpc) is 2.64. The van der Waals surface area contributed by atoms with Gasteiger partial charge in [0.1, 0.15) is 6.07 Å². The summed E-state index contributed by atoms with van der Waals surface area (Å²) >= 11 is 0. The number of anilines is 2. The van der Waals surface area contributed by atoms with Crippen LogP contribution in [0.1, 0.15) is 47.3 Å². The number of benzene rings is 2. The maximum Gasteiger partial charge on any atom is 0.336 e. The molecule has 2 N–H and O–H groups in total. The van der Waals surface area contributed by atoms with Gasteiger partial charge in [0.2, 0.25) is 0 Å². The van der Waals surface area contributed by atoms with Gasteiger partial charge >= 0.3 is 5.97 Å². The number of hydrogen-bond donors (Lipinski definition) is 2. The van der Waals surface area contributed by atoms with E-state index in [2.05, 4.69) is 30.1 Å². The molecule has 1 fully saturated rings. The van der Waals surface area contributed by atoms with Crippen LogP contribution < -0.4 is 10.2 Å². The molecule has 1 atom stereocenters. The van der Waals surface area contributed by atoms with Crippen LogP contribution in [0.25, 0.3) is 0 Å². The summed E-state index contributed by atoms with van der Waals surface area (Å²) in [6, 6.07) is 13.9. The second kappa shape index (κ2) is 7.55. The number of carboxylic acid groups (broad SMARTS) is 1. The van der Waals surface area contributed by atoms with Crippen molar-refractivity contribution in [2.24, 2.45) is 5.41 Å². The molecule has 5 nitrogen and oxygen atoms in total. The van der Waals surface area contributed by atoms with Crippen LogP contribution in [0, 0.1) is 30.6 Å². The number of rotatable bonds is 4. The fourth-order valence-electron chi connectivity index (χ4n) is 4.10. The van der Waals surface area contributed by atoms with Gasteiger partial charge in [-0.3, -0.25) is 0 Å². The van der Waals surface area contributed by atoms with E-state index in [0.29, 0.717) is 11.1 Å². The Kier molecular flexibility index (Phi) is 5.33. The fraction of sp³-hybridized carbons (Fsp3) is 0.391. The number of para-hydroxylation sites is 1. The number of carbonyl (C=O) groups is 1. The molecule has 28 heavy (non-hydrogen) atoms. The minimum absolute atomic E-state index is 0.0540. The predicted octanol–water partition coefficient (Wildman–Crippen LogP) is 4.59. The van der Waals surface area contributed by atoms with Gasteiger partial charge in [0, 0.05) is 30.2 Å². The normalized spacial score (nSPS) is 18.4. The summed E-state index contributed by atoms with van der Waals surface area (Å²) in [7, 11) is 0. The number of piperidine rings is 1. The Morgan fingerprint density at radius 1 is 1.25 bits per heavy atom. The van der Waals surface area contributed by atoms with Gasteiger partial charge in [-0.25, -0.2) is 4.79 Å². The Balaban J connectivity index is 1.82. The van der Waals surface area contributed by atoms with Crippen LogP contribution in [0.4, 0.5) is 11.4 Å². The smallest absolute Gasteiger partial charge is 0.336 e. The molecule has 1 unspecified atom stereocenters. The van der Waals surface area contributed by atoms with E-state index >= 15 is 0 Å². The van der Waals surface area contributed by atoms with Gasteiger partial charge < -0.3 is 15.3 Å². The lowest BCUT2D eigenvalue weighted by Crippen LogP contribution is -2.52. The van der Waals surface area contributed by atoms with Crippen LogP contribution in [-0.2, 0) is 0 Å². The van der Waals surface area contributed by atoms with E-state index in [4.69, 9.17) is 0 Å². The summed E-state index contributed by atoms with van der Waals surface area (Å²) in [5.41, 5.74) is 4.68. The minimum Gasteiger partial charge on any atom is -0.478 e. The first-order valence-electron chi connectivity index (χ1n) is 9.58. The predicted molar refractivity (Wildman–Crippen MR) is 112 cm³/mol. The molecule has 1 saturated heterocycles. The highest BCUT2D eigenvalue weighted by molar-refractivity contribution is 5.91. The molecule has 5 heteroatoms. The standard InChI is InChI=1S/C23H27N3O2/c1-15-11-16(2)19(12-18(15)22(27)28)25-21-9-10-26(14-23(21,3)4)20-8-6-5-7-17(20)13-24/h5-8,11-12,21,25H,9-10,14H2,1-4H3,(H,27,28). The lowest BCUT2D eigenvalue weighted by atomic mass is 9.78. The van der Waals surface area contributed by atoms with Crippen molar-refractivity contribution in [3.05, 3.63) is 58.7 Å². The van der Waals surface area contributed by atoms with Crippen molar-refractivity contribution in [3.63, 3.8) is 0 Å². The molecular weight excluding hydrogens is 350 g/mol. The second-order valence-electron chi connectivity index (χ2n) is 8.31. The topological polar surface area (TPSA) is 76.4 Å². The highest BCUT2D eigenvalue weighted by atomic mass is 16.4. The lowest BCUT2D eigenvalue weighted by Gasteiger charge is -2.46. The van der Waals surface area contributed by atoms with Crippen molar-refractivity contribution < 1.29 is 9.90 Å². The molecule has 3 rings (SSSR count). The molecule has 0 radical (unpaired) electrons. The Morgan fingerprint density at radius 2 is 1.96 bits per heavy atom. The summed E-state index contributed by atoms with van der Waals surface area (Å²) in [5, 5.41) is 22.5. The SMILES string of the molecule is Cc1cc(C)c(C(=O)O)cc1NC1CCN(c2ccccc2C#N)CC1(C)C. The summed E-state index contributed by atoms with van der Waals surface area (Å²) in [6.45, 7) is 9.93. The van der Waals surface area contributed by atoms with Crippen LogP contribution in [0.15, 0.2) is 36.4 Å². The van der Waals surface area contributed by atoms with E-state index in [1.807, 2.05) is 44.2 Å². The van der Waals surface area contributed by atoms with Crippen molar-refractivity contribution in [3.8, 4) is 6.07 Å². The van der Waals surface area contributed by atoms with Crippen LogP contribution in [0.3, 0.4) is 0 Å². The molecule has 0 aromatic heterocycles. The molecule has 1 aliphatic heterocycles. The number of hydrogen-bond acceptors (Lipinski definition) is 4. The molecule has 0 bridgehead atoms. The number of nitrogens with one attached hydrogen (secondary N) is 1. The molecule has 2 aromatic rings. The molecule has 1 aliphatic rings. The monoisotopic (exact) mass is 377 g/mol. The van der Waals surface area contributed by atoms with E-state index in [1.54, 1.807) is 6.07 Å². The molecule has 0 saturated carbocycles. The van der Waals surface area contributed by atoms with Gasteiger partial charge in [-0.15, -0.1) is 0 Å². The van der Waals surface area contributed by atoms with Gasteiger partial charge in [-0.1, -0.05) is 32.0 Å². The van der Waals surface area contributed by atoms with E-state index in [-0.39, 0.29) is 11.5 Å². The first kappa shape index (κ1) is 19.8. The van der Waals surface area contributed by atoms with Crippen LogP contribution in [-0.4, -0.2) is 30.2 Å². The lowest BCUT2D eigenvalue weighted by molar-refractivity contribution is 0.0696. The molecule has 0 amide bonds. The third-order valence-electron chi connectivity index (χ3n) is 5.73. The maximum absolute atomic E-state index is 11.5. The van der Waals surface area contributed by atoms with Crippen LogP contribution in [0.5, 0.6) is 0 Å². The number of nitriles is 1.